The number of piperidine rings is 1. The fourth-order valence-electron chi connectivity index (χ4n) is 4.26. The lowest BCUT2D eigenvalue weighted by atomic mass is 9.92. The van der Waals surface area contributed by atoms with Crippen molar-refractivity contribution >= 4 is 28.6 Å². The molecule has 0 aliphatic carbocycles. The van der Waals surface area contributed by atoms with Crippen LogP contribution >= 0.6 is 0 Å². The van der Waals surface area contributed by atoms with Gasteiger partial charge in [0.15, 0.2) is 0 Å². The summed E-state index contributed by atoms with van der Waals surface area (Å²) in [4.78, 5) is 41.1. The van der Waals surface area contributed by atoms with Gasteiger partial charge < -0.3 is 25.7 Å². The van der Waals surface area contributed by atoms with Crippen molar-refractivity contribution in [1.29, 1.82) is 0 Å². The highest BCUT2D eigenvalue weighted by molar-refractivity contribution is 6.01. The number of aromatic nitrogens is 1. The highest BCUT2D eigenvalue weighted by Crippen LogP contribution is 2.26. The van der Waals surface area contributed by atoms with Crippen molar-refractivity contribution in [3.05, 3.63) is 30.0 Å². The van der Waals surface area contributed by atoms with Crippen LogP contribution in [0.3, 0.4) is 0 Å². The molecule has 1 saturated heterocycles. The van der Waals surface area contributed by atoms with Crippen molar-refractivity contribution in [3.63, 3.8) is 0 Å². The number of fused-ring (bicyclic) bond motifs is 1. The molecule has 4 N–H and O–H groups in total. The number of carbonyl (C=O) groups is 3. The Labute approximate surface area is 188 Å². The Balaban J connectivity index is 1.66. The lowest BCUT2D eigenvalue weighted by Gasteiger charge is -2.27. The van der Waals surface area contributed by atoms with Gasteiger partial charge in [-0.15, -0.1) is 0 Å². The normalized spacial score (nSPS) is 18.2. The standard InChI is InChI=1S/C24H34N4O4/c1-14(2)11-19(23(30)26-15(3)12-16-7-6-10-25-22(16)29)28-24(31)20-13-17-18(27-20)8-5-9-21(17)32-4/h5,8-9,13-16,19,27H,6-7,10-12H2,1-4H3,(H,25,29)(H,26,30)(H,28,31). The van der Waals surface area contributed by atoms with Crippen molar-refractivity contribution in [2.75, 3.05) is 13.7 Å². The van der Waals surface area contributed by atoms with E-state index in [1.54, 1.807) is 13.2 Å². The van der Waals surface area contributed by atoms with Gasteiger partial charge in [0, 0.05) is 29.4 Å². The molecular formula is C24H34N4O4. The monoisotopic (exact) mass is 442 g/mol. The second kappa shape index (κ2) is 10.5. The smallest absolute Gasteiger partial charge is 0.268 e. The topological polar surface area (TPSA) is 112 Å². The Hall–Kier alpha value is -3.03. The highest BCUT2D eigenvalue weighted by Gasteiger charge is 2.28. The van der Waals surface area contributed by atoms with E-state index >= 15 is 0 Å². The molecule has 8 nitrogen and oxygen atoms in total. The molecular weight excluding hydrogens is 408 g/mol. The van der Waals surface area contributed by atoms with Gasteiger partial charge in [0.2, 0.25) is 11.8 Å². The van der Waals surface area contributed by atoms with Gasteiger partial charge in [0.25, 0.3) is 5.91 Å². The molecule has 0 saturated carbocycles. The molecule has 174 valence electrons. The number of aromatic amines is 1. The molecule has 3 amide bonds. The van der Waals surface area contributed by atoms with E-state index in [1.165, 1.54) is 0 Å². The Morgan fingerprint density at radius 2 is 2.00 bits per heavy atom. The first-order chi connectivity index (χ1) is 15.3. The molecule has 0 bridgehead atoms. The van der Waals surface area contributed by atoms with Crippen LogP contribution in [0.5, 0.6) is 5.75 Å². The van der Waals surface area contributed by atoms with Crippen molar-refractivity contribution in [2.45, 2.75) is 58.5 Å². The zero-order chi connectivity index (χ0) is 23.3. The van der Waals surface area contributed by atoms with Gasteiger partial charge in [-0.25, -0.2) is 0 Å². The minimum atomic E-state index is -0.668. The number of methoxy groups -OCH3 is 1. The molecule has 1 fully saturated rings. The molecule has 0 spiro atoms. The number of rotatable bonds is 9. The summed E-state index contributed by atoms with van der Waals surface area (Å²) >= 11 is 0. The Kier molecular flexibility index (Phi) is 7.77. The zero-order valence-electron chi connectivity index (χ0n) is 19.3. The second-order valence-electron chi connectivity index (χ2n) is 9.04. The van der Waals surface area contributed by atoms with Crippen molar-refractivity contribution < 1.29 is 19.1 Å². The van der Waals surface area contributed by atoms with Crippen LogP contribution in [-0.2, 0) is 9.59 Å². The molecule has 2 heterocycles. The maximum absolute atomic E-state index is 13.0. The molecule has 1 aliphatic heterocycles. The maximum Gasteiger partial charge on any atom is 0.268 e. The third-order valence-corrected chi connectivity index (χ3v) is 5.84. The van der Waals surface area contributed by atoms with Gasteiger partial charge in [0.05, 0.1) is 7.11 Å². The summed E-state index contributed by atoms with van der Waals surface area (Å²) in [5.41, 5.74) is 1.16. The molecule has 3 unspecified atom stereocenters. The van der Waals surface area contributed by atoms with Crippen LogP contribution in [0.15, 0.2) is 24.3 Å². The van der Waals surface area contributed by atoms with Crippen molar-refractivity contribution in [1.82, 2.24) is 20.9 Å². The summed E-state index contributed by atoms with van der Waals surface area (Å²) in [5, 5.41) is 9.56. The number of hydrogen-bond donors (Lipinski definition) is 4. The number of ether oxygens (including phenoxy) is 1. The van der Waals surface area contributed by atoms with Crippen LogP contribution in [0.2, 0.25) is 0 Å². The van der Waals surface area contributed by atoms with E-state index in [0.717, 1.165) is 30.3 Å². The summed E-state index contributed by atoms with van der Waals surface area (Å²) in [6, 6.07) is 6.45. The van der Waals surface area contributed by atoms with Gasteiger partial charge in [0.1, 0.15) is 17.5 Å². The number of nitrogens with one attached hydrogen (secondary N) is 4. The molecule has 1 aliphatic rings. The van der Waals surface area contributed by atoms with E-state index in [2.05, 4.69) is 20.9 Å². The average molecular weight is 443 g/mol. The molecule has 32 heavy (non-hydrogen) atoms. The van der Waals surface area contributed by atoms with E-state index in [1.807, 2.05) is 39.0 Å². The molecule has 3 rings (SSSR count). The molecule has 0 radical (unpaired) electrons. The fourth-order valence-corrected chi connectivity index (χ4v) is 4.26. The largest absolute Gasteiger partial charge is 0.496 e. The Morgan fingerprint density at radius 1 is 1.22 bits per heavy atom. The number of benzene rings is 1. The van der Waals surface area contributed by atoms with Gasteiger partial charge in [-0.3, -0.25) is 14.4 Å². The van der Waals surface area contributed by atoms with Crippen LogP contribution in [0.1, 0.15) is 56.9 Å². The van der Waals surface area contributed by atoms with Crippen LogP contribution in [-0.4, -0.2) is 48.4 Å². The first-order valence-corrected chi connectivity index (χ1v) is 11.3. The molecule has 1 aromatic carbocycles. The number of carbonyl (C=O) groups excluding carboxylic acids is 3. The van der Waals surface area contributed by atoms with E-state index in [9.17, 15) is 14.4 Å². The van der Waals surface area contributed by atoms with Gasteiger partial charge in [-0.05, 0) is 56.7 Å². The summed E-state index contributed by atoms with van der Waals surface area (Å²) in [6.07, 6.45) is 2.89. The summed E-state index contributed by atoms with van der Waals surface area (Å²) in [7, 11) is 1.59. The number of hydrogen-bond acceptors (Lipinski definition) is 4. The minimum absolute atomic E-state index is 0.0543. The lowest BCUT2D eigenvalue weighted by molar-refractivity contribution is -0.128. The molecule has 3 atom stereocenters. The Bertz CT molecular complexity index is 968. The predicted octanol–water partition coefficient (Wildman–Crippen LogP) is 2.74. The van der Waals surface area contributed by atoms with Gasteiger partial charge in [-0.2, -0.15) is 0 Å². The molecule has 1 aromatic heterocycles. The minimum Gasteiger partial charge on any atom is -0.496 e. The predicted molar refractivity (Wildman–Crippen MR) is 124 cm³/mol. The summed E-state index contributed by atoms with van der Waals surface area (Å²) < 4.78 is 5.36. The van der Waals surface area contributed by atoms with Crippen LogP contribution in [0, 0.1) is 11.8 Å². The SMILES string of the molecule is COc1cccc2[nH]c(C(=O)NC(CC(C)C)C(=O)NC(C)CC3CCCNC3=O)cc12. The Morgan fingerprint density at radius 3 is 2.69 bits per heavy atom. The van der Waals surface area contributed by atoms with Gasteiger partial charge in [-0.1, -0.05) is 19.9 Å². The summed E-state index contributed by atoms with van der Waals surface area (Å²) in [5.74, 6) is 0.285. The van der Waals surface area contributed by atoms with Crippen LogP contribution < -0.4 is 20.7 Å². The zero-order valence-corrected chi connectivity index (χ0v) is 19.3. The highest BCUT2D eigenvalue weighted by atomic mass is 16.5. The van der Waals surface area contributed by atoms with Gasteiger partial charge >= 0.3 is 0 Å². The van der Waals surface area contributed by atoms with Crippen LogP contribution in [0.4, 0.5) is 0 Å². The van der Waals surface area contributed by atoms with Crippen molar-refractivity contribution in [3.8, 4) is 5.75 Å². The van der Waals surface area contributed by atoms with E-state index in [-0.39, 0.29) is 35.6 Å². The average Bonchev–Trinajstić information content (AvgIpc) is 3.19. The second-order valence-corrected chi connectivity index (χ2v) is 9.04. The van der Waals surface area contributed by atoms with E-state index in [0.29, 0.717) is 24.3 Å². The maximum atomic E-state index is 13.0. The summed E-state index contributed by atoms with van der Waals surface area (Å²) in [6.45, 7) is 6.64. The van der Waals surface area contributed by atoms with E-state index < -0.39 is 6.04 Å². The first kappa shape index (κ1) is 23.6. The number of amides is 3. The van der Waals surface area contributed by atoms with Crippen LogP contribution in [0.25, 0.3) is 10.9 Å². The third kappa shape index (κ3) is 5.81. The third-order valence-electron chi connectivity index (χ3n) is 5.84. The van der Waals surface area contributed by atoms with Crippen molar-refractivity contribution in [2.24, 2.45) is 11.8 Å². The fraction of sp³-hybridized carbons (Fsp3) is 0.542. The quantitative estimate of drug-likeness (QED) is 0.478. The number of H-pyrrole nitrogens is 1. The molecule has 2 aromatic rings. The first-order valence-electron chi connectivity index (χ1n) is 11.3. The molecule has 8 heteroatoms. The van der Waals surface area contributed by atoms with E-state index in [4.69, 9.17) is 4.74 Å². The lowest BCUT2D eigenvalue weighted by Crippen LogP contribution is -2.50.